The van der Waals surface area contributed by atoms with Crippen molar-refractivity contribution in [2.24, 2.45) is 5.73 Å². The largest absolute Gasteiger partial charge is 0.391 e. The van der Waals surface area contributed by atoms with E-state index in [0.717, 1.165) is 24.0 Å². The molecule has 0 atom stereocenters. The number of hydrogen-bond acceptors (Lipinski definition) is 3. The summed E-state index contributed by atoms with van der Waals surface area (Å²) in [6.07, 6.45) is 3.21. The first kappa shape index (κ1) is 14.2. The molecule has 4 nitrogen and oxygen atoms in total. The number of nitrogens with two attached hydrogens (primary N) is 1. The molecule has 0 saturated heterocycles. The van der Waals surface area contributed by atoms with Crippen LogP contribution in [0.25, 0.3) is 0 Å². The van der Waals surface area contributed by atoms with Gasteiger partial charge in [-0.1, -0.05) is 37.2 Å². The van der Waals surface area contributed by atoms with Crippen molar-refractivity contribution in [1.29, 1.82) is 0 Å². The molecule has 3 rings (SSSR count). The molecule has 1 aliphatic carbocycles. The highest BCUT2D eigenvalue weighted by Gasteiger charge is 2.52. The van der Waals surface area contributed by atoms with E-state index in [9.17, 15) is 9.59 Å². The summed E-state index contributed by atoms with van der Waals surface area (Å²) >= 11 is 5.22. The molecule has 2 N–H and O–H groups in total. The van der Waals surface area contributed by atoms with Gasteiger partial charge < -0.3 is 5.73 Å². The molecule has 1 aromatic carbocycles. The second-order valence-corrected chi connectivity index (χ2v) is 6.44. The maximum Gasteiger partial charge on any atom is 0.262 e. The van der Waals surface area contributed by atoms with Gasteiger partial charge in [0.05, 0.1) is 16.1 Å². The highest BCUT2D eigenvalue weighted by molar-refractivity contribution is 7.80. The van der Waals surface area contributed by atoms with Crippen LogP contribution < -0.4 is 5.73 Å². The van der Waals surface area contributed by atoms with Crippen molar-refractivity contribution >= 4 is 29.0 Å². The lowest BCUT2D eigenvalue weighted by Crippen LogP contribution is -2.57. The van der Waals surface area contributed by atoms with Gasteiger partial charge >= 0.3 is 0 Å². The second kappa shape index (κ2) is 4.63. The van der Waals surface area contributed by atoms with E-state index in [4.69, 9.17) is 18.0 Å². The predicted octanol–water partition coefficient (Wildman–Crippen LogP) is 2.50. The quantitative estimate of drug-likeness (QED) is 0.673. The second-order valence-electron chi connectivity index (χ2n) is 6.00. The van der Waals surface area contributed by atoms with Crippen LogP contribution in [0, 0.1) is 13.8 Å². The third-order valence-corrected chi connectivity index (χ3v) is 5.15. The van der Waals surface area contributed by atoms with E-state index in [0.29, 0.717) is 24.0 Å². The van der Waals surface area contributed by atoms with Crippen molar-refractivity contribution in [3.63, 3.8) is 0 Å². The third-order valence-electron chi connectivity index (χ3n) is 4.77. The van der Waals surface area contributed by atoms with Crippen LogP contribution in [0.4, 0.5) is 0 Å². The summed E-state index contributed by atoms with van der Waals surface area (Å²) in [5, 5.41) is 0. The minimum Gasteiger partial charge on any atom is -0.391 e. The Kier molecular flexibility index (Phi) is 3.13. The monoisotopic (exact) mass is 302 g/mol. The van der Waals surface area contributed by atoms with Gasteiger partial charge in [0.1, 0.15) is 5.54 Å². The van der Waals surface area contributed by atoms with E-state index >= 15 is 0 Å². The average molecular weight is 302 g/mol. The molecule has 2 aliphatic rings. The van der Waals surface area contributed by atoms with Gasteiger partial charge in [-0.3, -0.25) is 14.5 Å². The van der Waals surface area contributed by atoms with Gasteiger partial charge in [0, 0.05) is 0 Å². The van der Waals surface area contributed by atoms with Crippen LogP contribution in [-0.2, 0) is 0 Å². The summed E-state index contributed by atoms with van der Waals surface area (Å²) in [6.45, 7) is 3.71. The van der Waals surface area contributed by atoms with E-state index in [1.165, 1.54) is 4.90 Å². The van der Waals surface area contributed by atoms with E-state index in [-0.39, 0.29) is 16.8 Å². The summed E-state index contributed by atoms with van der Waals surface area (Å²) in [5.74, 6) is -0.489. The van der Waals surface area contributed by atoms with Gasteiger partial charge in [-0.15, -0.1) is 0 Å². The smallest absolute Gasteiger partial charge is 0.262 e. The third kappa shape index (κ3) is 1.77. The molecular weight excluding hydrogens is 284 g/mol. The summed E-state index contributed by atoms with van der Waals surface area (Å²) < 4.78 is 0. The van der Waals surface area contributed by atoms with E-state index in [2.05, 4.69) is 0 Å². The molecule has 0 spiro atoms. The Labute approximate surface area is 129 Å². The molecule has 1 aromatic rings. The van der Waals surface area contributed by atoms with Gasteiger partial charge in [0.2, 0.25) is 0 Å². The molecule has 1 aliphatic heterocycles. The topological polar surface area (TPSA) is 63.4 Å². The molecule has 0 aromatic heterocycles. The first-order chi connectivity index (χ1) is 9.90. The van der Waals surface area contributed by atoms with Crippen LogP contribution in [0.1, 0.15) is 57.5 Å². The number of carbonyl (C=O) groups excluding carboxylic acids is 2. The summed E-state index contributed by atoms with van der Waals surface area (Å²) in [6, 6.07) is 3.76. The summed E-state index contributed by atoms with van der Waals surface area (Å²) in [4.78, 5) is 27.3. The maximum atomic E-state index is 12.9. The SMILES string of the molecule is Cc1ccc(C)c2c1C(=O)N(C1(C(N)=S)CCCC1)C2=O. The number of nitrogens with zero attached hydrogens (tertiary/aromatic N) is 1. The molecule has 2 amide bonds. The lowest BCUT2D eigenvalue weighted by Gasteiger charge is -2.36. The molecule has 0 unspecified atom stereocenters. The van der Waals surface area contributed by atoms with Crippen LogP contribution >= 0.6 is 12.2 Å². The van der Waals surface area contributed by atoms with Gasteiger partial charge in [-0.2, -0.15) is 0 Å². The standard InChI is InChI=1S/C16H18N2O2S/c1-9-5-6-10(2)12-11(9)13(19)18(14(12)20)16(15(17)21)7-3-4-8-16/h5-6H,3-4,7-8H2,1-2H3,(H2,17,21). The molecule has 5 heteroatoms. The Morgan fingerprint density at radius 3 is 1.90 bits per heavy atom. The van der Waals surface area contributed by atoms with Crippen molar-refractivity contribution in [1.82, 2.24) is 4.90 Å². The fourth-order valence-corrected chi connectivity index (χ4v) is 3.90. The Balaban J connectivity index is 2.18. The number of thiocarbonyl (C=S) groups is 1. The number of benzene rings is 1. The zero-order chi connectivity index (χ0) is 15.4. The van der Waals surface area contributed by atoms with Crippen molar-refractivity contribution in [3.05, 3.63) is 34.4 Å². The minimum atomic E-state index is -0.776. The zero-order valence-corrected chi connectivity index (χ0v) is 13.0. The molecule has 0 bridgehead atoms. The first-order valence-electron chi connectivity index (χ1n) is 7.19. The number of aryl methyl sites for hydroxylation is 2. The fourth-order valence-electron chi connectivity index (χ4n) is 3.61. The number of imide groups is 1. The van der Waals surface area contributed by atoms with E-state index < -0.39 is 5.54 Å². The van der Waals surface area contributed by atoms with Crippen molar-refractivity contribution in [3.8, 4) is 0 Å². The van der Waals surface area contributed by atoms with Gasteiger partial charge in [0.15, 0.2) is 0 Å². The van der Waals surface area contributed by atoms with E-state index in [1.54, 1.807) is 0 Å². The number of hydrogen-bond donors (Lipinski definition) is 1. The summed E-state index contributed by atoms with van der Waals surface area (Å²) in [5.41, 5.74) is 7.84. The number of rotatable bonds is 2. The normalized spacial score (nSPS) is 20.0. The number of carbonyl (C=O) groups is 2. The van der Waals surface area contributed by atoms with Crippen molar-refractivity contribution < 1.29 is 9.59 Å². The maximum absolute atomic E-state index is 12.9. The minimum absolute atomic E-state index is 0.245. The molecule has 1 fully saturated rings. The molecular formula is C16H18N2O2S. The average Bonchev–Trinajstić information content (AvgIpc) is 2.99. The lowest BCUT2D eigenvalue weighted by atomic mass is 9.95. The zero-order valence-electron chi connectivity index (χ0n) is 12.2. The predicted molar refractivity (Wildman–Crippen MR) is 84.4 cm³/mol. The molecule has 21 heavy (non-hydrogen) atoms. The highest BCUT2D eigenvalue weighted by atomic mass is 32.1. The van der Waals surface area contributed by atoms with Gasteiger partial charge in [-0.05, 0) is 37.8 Å². The van der Waals surface area contributed by atoms with Crippen LogP contribution in [0.15, 0.2) is 12.1 Å². The van der Waals surface area contributed by atoms with Gasteiger partial charge in [0.25, 0.3) is 11.8 Å². The Morgan fingerprint density at radius 1 is 1.10 bits per heavy atom. The highest BCUT2D eigenvalue weighted by Crippen LogP contribution is 2.41. The molecule has 110 valence electrons. The van der Waals surface area contributed by atoms with Crippen LogP contribution in [0.5, 0.6) is 0 Å². The Hall–Kier alpha value is -1.75. The molecule has 1 saturated carbocycles. The van der Waals surface area contributed by atoms with Crippen molar-refractivity contribution in [2.45, 2.75) is 45.1 Å². The first-order valence-corrected chi connectivity index (χ1v) is 7.60. The van der Waals surface area contributed by atoms with Gasteiger partial charge in [-0.25, -0.2) is 0 Å². The number of fused-ring (bicyclic) bond motifs is 1. The Bertz CT molecular complexity index is 634. The van der Waals surface area contributed by atoms with Crippen molar-refractivity contribution in [2.75, 3.05) is 0 Å². The fraction of sp³-hybridized carbons (Fsp3) is 0.438. The lowest BCUT2D eigenvalue weighted by molar-refractivity contribution is 0.0530. The van der Waals surface area contributed by atoms with Crippen LogP contribution in [-0.4, -0.2) is 27.2 Å². The molecule has 0 radical (unpaired) electrons. The number of amides is 2. The van der Waals surface area contributed by atoms with Crippen LogP contribution in [0.2, 0.25) is 0 Å². The van der Waals surface area contributed by atoms with Crippen LogP contribution in [0.3, 0.4) is 0 Å². The summed E-state index contributed by atoms with van der Waals surface area (Å²) in [7, 11) is 0. The Morgan fingerprint density at radius 2 is 1.52 bits per heavy atom. The molecule has 1 heterocycles. The van der Waals surface area contributed by atoms with E-state index in [1.807, 2.05) is 26.0 Å².